The molecule has 2 aromatic heterocycles. The number of fused-ring (bicyclic) bond motifs is 1. The minimum Gasteiger partial charge on any atom is -0.461 e. The fourth-order valence-electron chi connectivity index (χ4n) is 3.03. The fourth-order valence-corrected chi connectivity index (χ4v) is 3.86. The van der Waals surface area contributed by atoms with Gasteiger partial charge in [-0.25, -0.2) is 4.79 Å². The molecule has 1 atom stereocenters. The molecule has 22 heavy (non-hydrogen) atoms. The van der Waals surface area contributed by atoms with Crippen molar-refractivity contribution in [2.24, 2.45) is 0 Å². The van der Waals surface area contributed by atoms with Crippen molar-refractivity contribution >= 4 is 23.1 Å². The van der Waals surface area contributed by atoms with Gasteiger partial charge in [-0.05, 0) is 36.8 Å². The van der Waals surface area contributed by atoms with Crippen molar-refractivity contribution < 1.29 is 14.3 Å². The van der Waals surface area contributed by atoms with Crippen LogP contribution in [0.3, 0.4) is 0 Å². The van der Waals surface area contributed by atoms with Crippen LogP contribution in [0.25, 0.3) is 0 Å². The van der Waals surface area contributed by atoms with Crippen LogP contribution in [0.5, 0.6) is 0 Å². The number of esters is 1. The van der Waals surface area contributed by atoms with Crippen molar-refractivity contribution in [1.29, 1.82) is 0 Å². The van der Waals surface area contributed by atoms with Gasteiger partial charge >= 0.3 is 5.97 Å². The highest BCUT2D eigenvalue weighted by Crippen LogP contribution is 2.36. The van der Waals surface area contributed by atoms with Gasteiger partial charge < -0.3 is 9.72 Å². The number of carbonyl (C=O) groups is 2. The Morgan fingerprint density at radius 1 is 1.45 bits per heavy atom. The third kappa shape index (κ3) is 2.61. The molecule has 0 aliphatic heterocycles. The molecule has 3 rings (SSSR count). The molecule has 116 valence electrons. The topological polar surface area (TPSA) is 59.2 Å². The zero-order valence-electron chi connectivity index (χ0n) is 12.8. The molecule has 0 bridgehead atoms. The molecular formula is C17H19NO3S. The zero-order chi connectivity index (χ0) is 15.7. The Morgan fingerprint density at radius 3 is 2.95 bits per heavy atom. The number of hydrogen-bond donors (Lipinski definition) is 1. The summed E-state index contributed by atoms with van der Waals surface area (Å²) in [4.78, 5) is 29.0. The molecular weight excluding hydrogens is 298 g/mol. The Morgan fingerprint density at radius 2 is 2.27 bits per heavy atom. The van der Waals surface area contributed by atoms with E-state index in [0.29, 0.717) is 24.3 Å². The van der Waals surface area contributed by atoms with E-state index in [1.165, 1.54) is 4.88 Å². The molecule has 2 aromatic rings. The van der Waals surface area contributed by atoms with Crippen LogP contribution in [0.1, 0.15) is 62.7 Å². The van der Waals surface area contributed by atoms with E-state index >= 15 is 0 Å². The first kappa shape index (κ1) is 15.0. The largest absolute Gasteiger partial charge is 0.461 e. The summed E-state index contributed by atoms with van der Waals surface area (Å²) in [6.45, 7) is 4.17. The fraction of sp³-hybridized carbons (Fsp3) is 0.412. The van der Waals surface area contributed by atoms with Crippen molar-refractivity contribution in [2.75, 3.05) is 6.61 Å². The number of aromatic amines is 1. The molecule has 5 heteroatoms. The molecule has 0 fully saturated rings. The van der Waals surface area contributed by atoms with Crippen LogP contribution in [-0.2, 0) is 11.2 Å². The van der Waals surface area contributed by atoms with Gasteiger partial charge in [-0.1, -0.05) is 13.0 Å². The van der Waals surface area contributed by atoms with Crippen molar-refractivity contribution in [2.45, 2.75) is 39.0 Å². The molecule has 0 amide bonds. The summed E-state index contributed by atoms with van der Waals surface area (Å²) in [5.41, 5.74) is 2.72. The van der Waals surface area contributed by atoms with Crippen LogP contribution >= 0.6 is 11.3 Å². The monoisotopic (exact) mass is 317 g/mol. The predicted molar refractivity (Wildman–Crippen MR) is 85.8 cm³/mol. The summed E-state index contributed by atoms with van der Waals surface area (Å²) in [7, 11) is 0. The normalized spacial score (nSPS) is 17.4. The van der Waals surface area contributed by atoms with Crippen LogP contribution in [0.4, 0.5) is 0 Å². The molecule has 4 nitrogen and oxygen atoms in total. The van der Waals surface area contributed by atoms with E-state index in [0.717, 1.165) is 24.1 Å². The van der Waals surface area contributed by atoms with Crippen molar-refractivity contribution in [3.05, 3.63) is 44.9 Å². The summed E-state index contributed by atoms with van der Waals surface area (Å²) in [5, 5.41) is 2.03. The lowest BCUT2D eigenvalue weighted by molar-refractivity contribution is 0.0498. The minimum absolute atomic E-state index is 0.114. The lowest BCUT2D eigenvalue weighted by Gasteiger charge is -2.20. The SMILES string of the molecule is CCCOC(=O)c1[nH]c2c(c1C)C(=O)C[C@@H](c1cccs1)C2. The van der Waals surface area contributed by atoms with Crippen LogP contribution < -0.4 is 0 Å². The Labute approximate surface area is 133 Å². The average Bonchev–Trinajstić information content (AvgIpc) is 3.13. The first-order chi connectivity index (χ1) is 10.6. The molecule has 1 N–H and O–H groups in total. The summed E-state index contributed by atoms with van der Waals surface area (Å²) in [6.07, 6.45) is 2.06. The van der Waals surface area contributed by atoms with Crippen molar-refractivity contribution in [1.82, 2.24) is 4.98 Å². The Balaban J connectivity index is 1.90. The predicted octanol–water partition coefficient (Wildman–Crippen LogP) is 3.86. The molecule has 0 saturated heterocycles. The van der Waals surface area contributed by atoms with Crippen LogP contribution in [0, 0.1) is 6.92 Å². The molecule has 0 spiro atoms. The lowest BCUT2D eigenvalue weighted by Crippen LogP contribution is -2.17. The highest BCUT2D eigenvalue weighted by Gasteiger charge is 2.32. The second kappa shape index (κ2) is 6.08. The molecule has 1 aliphatic carbocycles. The number of H-pyrrole nitrogens is 1. The quantitative estimate of drug-likeness (QED) is 0.871. The van der Waals surface area contributed by atoms with Gasteiger partial charge in [0.25, 0.3) is 0 Å². The number of carbonyl (C=O) groups excluding carboxylic acids is 2. The first-order valence-corrected chi connectivity index (χ1v) is 8.45. The maximum absolute atomic E-state index is 12.5. The summed E-state index contributed by atoms with van der Waals surface area (Å²) >= 11 is 1.68. The van der Waals surface area contributed by atoms with E-state index in [-0.39, 0.29) is 17.7 Å². The average molecular weight is 317 g/mol. The summed E-state index contributed by atoms with van der Waals surface area (Å²) in [5.74, 6) is -0.0465. The van der Waals surface area contributed by atoms with E-state index in [9.17, 15) is 9.59 Å². The van der Waals surface area contributed by atoms with Gasteiger partial charge in [-0.3, -0.25) is 4.79 Å². The van der Waals surface area contributed by atoms with Gasteiger partial charge in [0.2, 0.25) is 0 Å². The van der Waals surface area contributed by atoms with Gasteiger partial charge in [0.1, 0.15) is 5.69 Å². The number of aromatic nitrogens is 1. The smallest absolute Gasteiger partial charge is 0.355 e. The third-order valence-electron chi connectivity index (χ3n) is 4.08. The maximum atomic E-state index is 12.5. The minimum atomic E-state index is -0.366. The van der Waals surface area contributed by atoms with E-state index in [1.54, 1.807) is 11.3 Å². The molecule has 0 saturated carbocycles. The summed E-state index contributed by atoms with van der Waals surface area (Å²) < 4.78 is 5.19. The van der Waals surface area contributed by atoms with Crippen LogP contribution in [-0.4, -0.2) is 23.3 Å². The zero-order valence-corrected chi connectivity index (χ0v) is 13.6. The first-order valence-electron chi connectivity index (χ1n) is 7.57. The second-order valence-corrected chi connectivity index (χ2v) is 6.64. The van der Waals surface area contributed by atoms with E-state index < -0.39 is 0 Å². The van der Waals surface area contributed by atoms with Gasteiger partial charge in [-0.15, -0.1) is 11.3 Å². The number of Topliss-reactive ketones (excluding diaryl/α,β-unsaturated/α-hetero) is 1. The van der Waals surface area contributed by atoms with Gasteiger partial charge in [0.05, 0.1) is 6.61 Å². The van der Waals surface area contributed by atoms with Gasteiger partial charge in [0.15, 0.2) is 5.78 Å². The number of hydrogen-bond acceptors (Lipinski definition) is 4. The van der Waals surface area contributed by atoms with E-state index in [4.69, 9.17) is 4.74 Å². The standard InChI is InChI=1S/C17H19NO3S/c1-3-6-21-17(20)16-10(2)15-12(18-16)8-11(9-13(15)19)14-5-4-7-22-14/h4-5,7,11,18H,3,6,8-9H2,1-2H3/t11-/m0/s1. The maximum Gasteiger partial charge on any atom is 0.355 e. The van der Waals surface area contributed by atoms with Crippen molar-refractivity contribution in [3.63, 3.8) is 0 Å². The van der Waals surface area contributed by atoms with Crippen LogP contribution in [0.15, 0.2) is 17.5 Å². The number of ketones is 1. The number of rotatable bonds is 4. The number of nitrogens with one attached hydrogen (secondary N) is 1. The second-order valence-electron chi connectivity index (χ2n) is 5.66. The van der Waals surface area contributed by atoms with E-state index in [2.05, 4.69) is 11.1 Å². The number of ether oxygens (including phenoxy) is 1. The van der Waals surface area contributed by atoms with Gasteiger partial charge in [0, 0.05) is 28.5 Å². The highest BCUT2D eigenvalue weighted by molar-refractivity contribution is 7.10. The third-order valence-corrected chi connectivity index (χ3v) is 5.11. The Hall–Kier alpha value is -1.88. The highest BCUT2D eigenvalue weighted by atomic mass is 32.1. The molecule has 0 aromatic carbocycles. The van der Waals surface area contributed by atoms with Crippen LogP contribution in [0.2, 0.25) is 0 Å². The van der Waals surface area contributed by atoms with Gasteiger partial charge in [-0.2, -0.15) is 0 Å². The molecule has 1 aliphatic rings. The van der Waals surface area contributed by atoms with Crippen molar-refractivity contribution in [3.8, 4) is 0 Å². The molecule has 2 heterocycles. The molecule has 0 radical (unpaired) electrons. The van der Waals surface area contributed by atoms with E-state index in [1.807, 2.05) is 25.3 Å². The molecule has 0 unspecified atom stereocenters. The number of thiophene rings is 1. The Kier molecular flexibility index (Phi) is 4.16. The lowest BCUT2D eigenvalue weighted by atomic mass is 9.84. The Bertz CT molecular complexity index is 700. The summed E-state index contributed by atoms with van der Waals surface area (Å²) in [6, 6.07) is 4.08.